The van der Waals surface area contributed by atoms with Gasteiger partial charge in [0.25, 0.3) is 0 Å². The Hall–Kier alpha value is -2.37. The van der Waals surface area contributed by atoms with Crippen molar-refractivity contribution in [3.8, 4) is 5.75 Å². The van der Waals surface area contributed by atoms with Crippen molar-refractivity contribution in [2.45, 2.75) is 19.6 Å². The number of rotatable bonds is 8. The van der Waals surface area contributed by atoms with Crippen LogP contribution >= 0.6 is 0 Å². The van der Waals surface area contributed by atoms with Crippen molar-refractivity contribution in [3.05, 3.63) is 60.6 Å². The van der Waals surface area contributed by atoms with Gasteiger partial charge in [-0.15, -0.1) is 0 Å². The Morgan fingerprint density at radius 3 is 2.92 bits per heavy atom. The van der Waals surface area contributed by atoms with Crippen molar-refractivity contribution in [1.82, 2.24) is 14.9 Å². The molecule has 24 heavy (non-hydrogen) atoms. The summed E-state index contributed by atoms with van der Waals surface area (Å²) < 4.78 is 5.82. The minimum absolute atomic E-state index is 0.267. The standard InChI is InChI=1S/C19H23N3O2/c1-2-22(12-15-6-3-4-10-20-15)13-16(23)14-24-19-8-5-7-18-17(19)9-11-21-18/h3-11,16,21,23H,2,12-14H2,1H3. The van der Waals surface area contributed by atoms with Gasteiger partial charge in [0.15, 0.2) is 0 Å². The third-order valence-electron chi connectivity index (χ3n) is 4.01. The zero-order chi connectivity index (χ0) is 16.8. The van der Waals surface area contributed by atoms with Gasteiger partial charge < -0.3 is 14.8 Å². The highest BCUT2D eigenvalue weighted by molar-refractivity contribution is 5.85. The molecule has 0 amide bonds. The van der Waals surface area contributed by atoms with Gasteiger partial charge >= 0.3 is 0 Å². The van der Waals surface area contributed by atoms with E-state index in [4.69, 9.17) is 4.74 Å². The van der Waals surface area contributed by atoms with Gasteiger partial charge in [0, 0.05) is 36.4 Å². The van der Waals surface area contributed by atoms with Gasteiger partial charge in [-0.05, 0) is 36.9 Å². The minimum Gasteiger partial charge on any atom is -0.490 e. The molecule has 3 aromatic rings. The van der Waals surface area contributed by atoms with E-state index in [1.165, 1.54) is 0 Å². The van der Waals surface area contributed by atoms with Crippen molar-refractivity contribution in [1.29, 1.82) is 0 Å². The first kappa shape index (κ1) is 16.5. The maximum atomic E-state index is 10.3. The van der Waals surface area contributed by atoms with Gasteiger partial charge in [-0.1, -0.05) is 19.1 Å². The maximum Gasteiger partial charge on any atom is 0.128 e. The fourth-order valence-corrected chi connectivity index (χ4v) is 2.75. The number of H-pyrrole nitrogens is 1. The lowest BCUT2D eigenvalue weighted by atomic mass is 10.2. The summed E-state index contributed by atoms with van der Waals surface area (Å²) in [5.74, 6) is 0.792. The molecule has 2 aromatic heterocycles. The van der Waals surface area contributed by atoms with E-state index in [0.717, 1.165) is 35.4 Å². The molecule has 0 saturated heterocycles. The van der Waals surface area contributed by atoms with E-state index in [1.54, 1.807) is 6.20 Å². The number of benzene rings is 1. The van der Waals surface area contributed by atoms with Crippen LogP contribution in [-0.2, 0) is 6.54 Å². The molecule has 1 atom stereocenters. The Balaban J connectivity index is 1.54. The summed E-state index contributed by atoms with van der Waals surface area (Å²) in [4.78, 5) is 9.66. The normalized spacial score (nSPS) is 12.6. The summed E-state index contributed by atoms with van der Waals surface area (Å²) in [6.07, 6.45) is 3.13. The molecule has 5 nitrogen and oxygen atoms in total. The topological polar surface area (TPSA) is 61.4 Å². The second-order valence-electron chi connectivity index (χ2n) is 5.81. The van der Waals surface area contributed by atoms with Crippen LogP contribution in [0.2, 0.25) is 0 Å². The van der Waals surface area contributed by atoms with Crippen LogP contribution in [0.15, 0.2) is 54.9 Å². The van der Waals surface area contributed by atoms with Crippen molar-refractivity contribution >= 4 is 10.9 Å². The van der Waals surface area contributed by atoms with E-state index in [9.17, 15) is 5.11 Å². The van der Waals surface area contributed by atoms with E-state index in [2.05, 4.69) is 21.8 Å². The number of fused-ring (bicyclic) bond motifs is 1. The number of hydrogen-bond acceptors (Lipinski definition) is 4. The second kappa shape index (κ2) is 7.95. The van der Waals surface area contributed by atoms with Gasteiger partial charge in [0.2, 0.25) is 0 Å². The Labute approximate surface area is 141 Å². The van der Waals surface area contributed by atoms with Crippen LogP contribution < -0.4 is 4.74 Å². The summed E-state index contributed by atoms with van der Waals surface area (Å²) in [5.41, 5.74) is 2.04. The molecule has 0 saturated carbocycles. The summed E-state index contributed by atoms with van der Waals surface area (Å²) in [5, 5.41) is 11.4. The molecule has 3 rings (SSSR count). The number of aromatic amines is 1. The molecule has 5 heteroatoms. The van der Waals surface area contributed by atoms with Crippen molar-refractivity contribution in [2.24, 2.45) is 0 Å². The zero-order valence-electron chi connectivity index (χ0n) is 13.9. The molecule has 0 spiro atoms. The third kappa shape index (κ3) is 4.13. The molecule has 126 valence electrons. The number of ether oxygens (including phenoxy) is 1. The van der Waals surface area contributed by atoms with Crippen LogP contribution in [0.3, 0.4) is 0 Å². The lowest BCUT2D eigenvalue weighted by molar-refractivity contribution is 0.0676. The first-order chi connectivity index (χ1) is 11.8. The number of nitrogens with one attached hydrogen (secondary N) is 1. The highest BCUT2D eigenvalue weighted by atomic mass is 16.5. The van der Waals surface area contributed by atoms with Crippen LogP contribution in [0.4, 0.5) is 0 Å². The Bertz CT molecular complexity index is 757. The number of nitrogens with zero attached hydrogens (tertiary/aromatic N) is 2. The molecule has 0 aliphatic heterocycles. The molecule has 1 unspecified atom stereocenters. The fraction of sp³-hybridized carbons (Fsp3) is 0.316. The first-order valence-electron chi connectivity index (χ1n) is 8.25. The average molecular weight is 325 g/mol. The van der Waals surface area contributed by atoms with Crippen molar-refractivity contribution in [3.63, 3.8) is 0 Å². The molecule has 0 aliphatic carbocycles. The second-order valence-corrected chi connectivity index (χ2v) is 5.81. The summed E-state index contributed by atoms with van der Waals surface area (Å²) in [6, 6.07) is 13.7. The van der Waals surface area contributed by atoms with Crippen LogP contribution in [0.5, 0.6) is 5.75 Å². The Morgan fingerprint density at radius 1 is 1.21 bits per heavy atom. The van der Waals surface area contributed by atoms with Crippen LogP contribution in [-0.4, -0.2) is 45.8 Å². The molecule has 2 N–H and O–H groups in total. The van der Waals surface area contributed by atoms with Gasteiger partial charge in [0.1, 0.15) is 18.5 Å². The molecule has 0 radical (unpaired) electrons. The van der Waals surface area contributed by atoms with E-state index in [0.29, 0.717) is 6.54 Å². The van der Waals surface area contributed by atoms with Crippen LogP contribution in [0.1, 0.15) is 12.6 Å². The third-order valence-corrected chi connectivity index (χ3v) is 4.01. The van der Waals surface area contributed by atoms with Gasteiger partial charge in [-0.2, -0.15) is 0 Å². The number of aliphatic hydroxyl groups excluding tert-OH is 1. The monoisotopic (exact) mass is 325 g/mol. The number of pyridine rings is 1. The summed E-state index contributed by atoms with van der Waals surface area (Å²) >= 11 is 0. The fourth-order valence-electron chi connectivity index (χ4n) is 2.75. The molecular weight excluding hydrogens is 302 g/mol. The maximum absolute atomic E-state index is 10.3. The molecule has 2 heterocycles. The summed E-state index contributed by atoms with van der Waals surface area (Å²) in [7, 11) is 0. The highest BCUT2D eigenvalue weighted by Crippen LogP contribution is 2.24. The number of aliphatic hydroxyl groups is 1. The van der Waals surface area contributed by atoms with Gasteiger partial charge in [0.05, 0.1) is 5.69 Å². The number of hydrogen-bond donors (Lipinski definition) is 2. The van der Waals surface area contributed by atoms with E-state index in [-0.39, 0.29) is 6.61 Å². The Kier molecular flexibility index (Phi) is 5.46. The highest BCUT2D eigenvalue weighted by Gasteiger charge is 2.13. The van der Waals surface area contributed by atoms with E-state index < -0.39 is 6.10 Å². The molecule has 0 aliphatic rings. The van der Waals surface area contributed by atoms with Crippen LogP contribution in [0.25, 0.3) is 10.9 Å². The van der Waals surface area contributed by atoms with Crippen LogP contribution in [0, 0.1) is 0 Å². The minimum atomic E-state index is -0.553. The van der Waals surface area contributed by atoms with Gasteiger partial charge in [-0.25, -0.2) is 0 Å². The van der Waals surface area contributed by atoms with E-state index in [1.807, 2.05) is 48.7 Å². The van der Waals surface area contributed by atoms with E-state index >= 15 is 0 Å². The number of likely N-dealkylation sites (N-methyl/N-ethyl adjacent to an activating group) is 1. The average Bonchev–Trinajstić information content (AvgIpc) is 3.09. The zero-order valence-corrected chi connectivity index (χ0v) is 13.9. The van der Waals surface area contributed by atoms with Crippen molar-refractivity contribution in [2.75, 3.05) is 19.7 Å². The Morgan fingerprint density at radius 2 is 2.12 bits per heavy atom. The molecule has 0 bridgehead atoms. The number of aromatic nitrogens is 2. The van der Waals surface area contributed by atoms with Gasteiger partial charge in [-0.3, -0.25) is 9.88 Å². The quantitative estimate of drug-likeness (QED) is 0.668. The van der Waals surface area contributed by atoms with Crippen molar-refractivity contribution < 1.29 is 9.84 Å². The predicted molar refractivity (Wildman–Crippen MR) is 95.0 cm³/mol. The predicted octanol–water partition coefficient (Wildman–Crippen LogP) is 2.82. The molecule has 0 fully saturated rings. The lowest BCUT2D eigenvalue weighted by Gasteiger charge is -2.23. The molecule has 1 aromatic carbocycles. The first-order valence-corrected chi connectivity index (χ1v) is 8.25. The lowest BCUT2D eigenvalue weighted by Crippen LogP contribution is -2.35. The SMILES string of the molecule is CCN(Cc1ccccn1)CC(O)COc1cccc2[nH]ccc12. The summed E-state index contributed by atoms with van der Waals surface area (Å²) in [6.45, 7) is 4.47. The largest absolute Gasteiger partial charge is 0.490 e. The smallest absolute Gasteiger partial charge is 0.128 e. The molecular formula is C19H23N3O2.